The average Bonchev–Trinajstić information content (AvgIpc) is 2.29. The van der Waals surface area contributed by atoms with E-state index in [2.05, 4.69) is 5.32 Å². The van der Waals surface area contributed by atoms with Crippen molar-refractivity contribution < 1.29 is 14.3 Å². The molecule has 0 heterocycles. The van der Waals surface area contributed by atoms with E-state index in [4.69, 9.17) is 9.47 Å². The van der Waals surface area contributed by atoms with Gasteiger partial charge in [0.05, 0.1) is 20.0 Å². The first kappa shape index (κ1) is 12.7. The third-order valence-corrected chi connectivity index (χ3v) is 2.49. The highest BCUT2D eigenvalue weighted by molar-refractivity contribution is 7.99. The Hall–Kier alpha value is -1.36. The Bertz CT molecular complexity index is 368. The van der Waals surface area contributed by atoms with Crippen molar-refractivity contribution in [1.29, 1.82) is 0 Å². The summed E-state index contributed by atoms with van der Waals surface area (Å²) >= 11 is 1.48. The lowest BCUT2D eigenvalue weighted by Gasteiger charge is -2.10. The summed E-state index contributed by atoms with van der Waals surface area (Å²) in [5, 5.41) is 2.77. The zero-order valence-corrected chi connectivity index (χ0v) is 10.4. The zero-order valence-electron chi connectivity index (χ0n) is 9.57. The van der Waals surface area contributed by atoms with E-state index in [1.165, 1.54) is 11.8 Å². The van der Waals surface area contributed by atoms with E-state index in [1.807, 2.05) is 6.26 Å². The van der Waals surface area contributed by atoms with Crippen LogP contribution in [0.4, 0.5) is 5.69 Å². The van der Waals surface area contributed by atoms with E-state index in [9.17, 15) is 4.79 Å². The second kappa shape index (κ2) is 6.27. The highest BCUT2D eigenvalue weighted by atomic mass is 32.2. The average molecular weight is 241 g/mol. The lowest BCUT2D eigenvalue weighted by molar-refractivity contribution is -0.113. The van der Waals surface area contributed by atoms with Gasteiger partial charge in [0, 0.05) is 11.8 Å². The smallest absolute Gasteiger partial charge is 0.234 e. The van der Waals surface area contributed by atoms with Crippen molar-refractivity contribution in [3.8, 4) is 11.5 Å². The SMILES string of the molecule is COc1ccc(NC(=O)CSC)cc1OC. The second-order valence-corrected chi connectivity index (χ2v) is 3.92. The zero-order chi connectivity index (χ0) is 12.0. The monoisotopic (exact) mass is 241 g/mol. The van der Waals surface area contributed by atoms with Crippen molar-refractivity contribution in [1.82, 2.24) is 0 Å². The number of anilines is 1. The van der Waals surface area contributed by atoms with E-state index in [0.717, 1.165) is 0 Å². The molecule has 1 rings (SSSR count). The van der Waals surface area contributed by atoms with Gasteiger partial charge in [-0.25, -0.2) is 0 Å². The van der Waals surface area contributed by atoms with Crippen LogP contribution in [-0.4, -0.2) is 32.1 Å². The molecule has 0 fully saturated rings. The summed E-state index contributed by atoms with van der Waals surface area (Å²) in [7, 11) is 3.13. The van der Waals surface area contributed by atoms with E-state index in [1.54, 1.807) is 32.4 Å². The third kappa shape index (κ3) is 3.34. The predicted molar refractivity (Wildman–Crippen MR) is 66.6 cm³/mol. The van der Waals surface area contributed by atoms with Crippen LogP contribution in [0.25, 0.3) is 0 Å². The summed E-state index contributed by atoms with van der Waals surface area (Å²) in [5.74, 6) is 1.66. The number of ether oxygens (including phenoxy) is 2. The van der Waals surface area contributed by atoms with E-state index >= 15 is 0 Å². The van der Waals surface area contributed by atoms with Crippen molar-refractivity contribution >= 4 is 23.4 Å². The van der Waals surface area contributed by atoms with E-state index in [-0.39, 0.29) is 5.91 Å². The lowest BCUT2D eigenvalue weighted by Crippen LogP contribution is -2.13. The van der Waals surface area contributed by atoms with Gasteiger partial charge < -0.3 is 14.8 Å². The Morgan fingerprint density at radius 2 is 2.00 bits per heavy atom. The summed E-state index contributed by atoms with van der Waals surface area (Å²) in [6.45, 7) is 0. The molecule has 0 aromatic heterocycles. The number of thioether (sulfide) groups is 1. The first-order valence-electron chi connectivity index (χ1n) is 4.72. The van der Waals surface area contributed by atoms with Crippen LogP contribution in [0, 0.1) is 0 Å². The largest absolute Gasteiger partial charge is 0.493 e. The number of hydrogen-bond acceptors (Lipinski definition) is 4. The Morgan fingerprint density at radius 1 is 1.31 bits per heavy atom. The molecule has 0 aliphatic carbocycles. The maximum absolute atomic E-state index is 11.4. The van der Waals surface area contributed by atoms with Gasteiger partial charge in [0.1, 0.15) is 0 Å². The van der Waals surface area contributed by atoms with Gasteiger partial charge in [0.15, 0.2) is 11.5 Å². The van der Waals surface area contributed by atoms with Gasteiger partial charge >= 0.3 is 0 Å². The van der Waals surface area contributed by atoms with Crippen LogP contribution >= 0.6 is 11.8 Å². The van der Waals surface area contributed by atoms with Crippen molar-refractivity contribution in [3.63, 3.8) is 0 Å². The van der Waals surface area contributed by atoms with Crippen LogP contribution in [0.1, 0.15) is 0 Å². The highest BCUT2D eigenvalue weighted by Crippen LogP contribution is 2.29. The van der Waals surface area contributed by atoms with Crippen LogP contribution < -0.4 is 14.8 Å². The fourth-order valence-corrected chi connectivity index (χ4v) is 1.58. The van der Waals surface area contributed by atoms with Gasteiger partial charge in [-0.05, 0) is 18.4 Å². The standard InChI is InChI=1S/C11H15NO3S/c1-14-9-5-4-8(6-10(9)15-2)12-11(13)7-16-3/h4-6H,7H2,1-3H3,(H,12,13). The Labute approximate surface area is 99.3 Å². The number of benzene rings is 1. The molecule has 5 heteroatoms. The Balaban J connectivity index is 2.78. The first-order chi connectivity index (χ1) is 7.71. The van der Waals surface area contributed by atoms with Crippen molar-refractivity contribution in [2.24, 2.45) is 0 Å². The fraction of sp³-hybridized carbons (Fsp3) is 0.364. The van der Waals surface area contributed by atoms with Gasteiger partial charge in [0.2, 0.25) is 5.91 Å². The Kier molecular flexibility index (Phi) is 4.98. The Morgan fingerprint density at radius 3 is 2.56 bits per heavy atom. The van der Waals surface area contributed by atoms with Crippen molar-refractivity contribution in [2.45, 2.75) is 0 Å². The van der Waals surface area contributed by atoms with E-state index in [0.29, 0.717) is 22.9 Å². The lowest BCUT2D eigenvalue weighted by atomic mass is 10.2. The summed E-state index contributed by atoms with van der Waals surface area (Å²) in [5.41, 5.74) is 0.705. The molecular formula is C11H15NO3S. The minimum atomic E-state index is -0.0280. The minimum Gasteiger partial charge on any atom is -0.493 e. The molecule has 1 aromatic rings. The molecule has 88 valence electrons. The molecule has 1 N–H and O–H groups in total. The van der Waals surface area contributed by atoms with Gasteiger partial charge in [0.25, 0.3) is 0 Å². The van der Waals surface area contributed by atoms with Gasteiger partial charge in [-0.15, -0.1) is 0 Å². The maximum atomic E-state index is 11.4. The number of rotatable bonds is 5. The molecular weight excluding hydrogens is 226 g/mol. The molecule has 0 aliphatic heterocycles. The quantitative estimate of drug-likeness (QED) is 0.856. The van der Waals surface area contributed by atoms with Gasteiger partial charge in [-0.1, -0.05) is 0 Å². The van der Waals surface area contributed by atoms with Gasteiger partial charge in [-0.3, -0.25) is 4.79 Å². The summed E-state index contributed by atoms with van der Waals surface area (Å²) in [6, 6.07) is 5.27. The minimum absolute atomic E-state index is 0.0280. The van der Waals surface area contributed by atoms with Crippen LogP contribution in [0.15, 0.2) is 18.2 Å². The van der Waals surface area contributed by atoms with E-state index < -0.39 is 0 Å². The summed E-state index contributed by atoms with van der Waals surface area (Å²) in [6.07, 6.45) is 1.88. The van der Waals surface area contributed by atoms with Crippen molar-refractivity contribution in [2.75, 3.05) is 31.5 Å². The van der Waals surface area contributed by atoms with Crippen LogP contribution in [0.5, 0.6) is 11.5 Å². The number of carbonyl (C=O) groups is 1. The summed E-state index contributed by atoms with van der Waals surface area (Å²) in [4.78, 5) is 11.4. The van der Waals surface area contributed by atoms with Crippen LogP contribution in [-0.2, 0) is 4.79 Å². The molecule has 0 bridgehead atoms. The number of nitrogens with one attached hydrogen (secondary N) is 1. The van der Waals surface area contributed by atoms with Crippen LogP contribution in [0.2, 0.25) is 0 Å². The molecule has 1 amide bonds. The molecule has 0 saturated heterocycles. The first-order valence-corrected chi connectivity index (χ1v) is 6.11. The fourth-order valence-electron chi connectivity index (χ4n) is 1.24. The molecule has 16 heavy (non-hydrogen) atoms. The number of amides is 1. The molecule has 4 nitrogen and oxygen atoms in total. The molecule has 0 aliphatic rings. The topological polar surface area (TPSA) is 47.6 Å². The molecule has 0 radical (unpaired) electrons. The summed E-state index contributed by atoms with van der Waals surface area (Å²) < 4.78 is 10.2. The second-order valence-electron chi connectivity index (χ2n) is 3.05. The predicted octanol–water partition coefficient (Wildman–Crippen LogP) is 2.01. The number of hydrogen-bond donors (Lipinski definition) is 1. The highest BCUT2D eigenvalue weighted by Gasteiger charge is 2.06. The molecule has 0 spiro atoms. The number of carbonyl (C=O) groups excluding carboxylic acids is 1. The number of methoxy groups -OCH3 is 2. The van der Waals surface area contributed by atoms with Gasteiger partial charge in [-0.2, -0.15) is 11.8 Å². The molecule has 0 unspecified atom stereocenters. The normalized spacial score (nSPS) is 9.69. The molecule has 0 saturated carbocycles. The third-order valence-electron chi connectivity index (χ3n) is 1.94. The maximum Gasteiger partial charge on any atom is 0.234 e. The molecule has 0 atom stereocenters. The van der Waals surface area contributed by atoms with Crippen LogP contribution in [0.3, 0.4) is 0 Å². The molecule has 1 aromatic carbocycles. The van der Waals surface area contributed by atoms with Crippen molar-refractivity contribution in [3.05, 3.63) is 18.2 Å².